The second-order valence-corrected chi connectivity index (χ2v) is 9.07. The van der Waals surface area contributed by atoms with Gasteiger partial charge in [-0.1, -0.05) is 50.2 Å². The Hall–Kier alpha value is -3.61. The van der Waals surface area contributed by atoms with E-state index in [0.717, 1.165) is 28.8 Å². The Labute approximate surface area is 187 Å². The summed E-state index contributed by atoms with van der Waals surface area (Å²) in [5.74, 6) is 2.04. The number of allylic oxidation sites excluding steroid dienone is 2. The molecule has 32 heavy (non-hydrogen) atoms. The summed E-state index contributed by atoms with van der Waals surface area (Å²) in [6, 6.07) is 15.4. The van der Waals surface area contributed by atoms with E-state index >= 15 is 0 Å². The fourth-order valence-electron chi connectivity index (χ4n) is 4.57. The second kappa shape index (κ2) is 7.82. The molecule has 0 fully saturated rings. The van der Waals surface area contributed by atoms with Gasteiger partial charge in [-0.3, -0.25) is 4.79 Å². The molecule has 5 rings (SSSR count). The summed E-state index contributed by atoms with van der Waals surface area (Å²) >= 11 is 0. The zero-order valence-electron chi connectivity index (χ0n) is 18.5. The highest BCUT2D eigenvalue weighted by Crippen LogP contribution is 2.46. The van der Waals surface area contributed by atoms with Crippen LogP contribution in [0.5, 0.6) is 11.5 Å². The van der Waals surface area contributed by atoms with Crippen molar-refractivity contribution in [3.8, 4) is 11.5 Å². The van der Waals surface area contributed by atoms with E-state index in [0.29, 0.717) is 30.5 Å². The molecular weight excluding hydrogens is 404 g/mol. The average molecular weight is 431 g/mol. The smallest absolute Gasteiger partial charge is 0.226 e. The Balaban J connectivity index is 1.52. The number of hydrogen-bond acceptors (Lipinski definition) is 6. The molecule has 0 bridgehead atoms. The number of hydrogen-bond donors (Lipinski definition) is 1. The molecule has 1 atom stereocenters. The Kier molecular flexibility index (Phi) is 4.96. The summed E-state index contributed by atoms with van der Waals surface area (Å²) < 4.78 is 13.4. The molecule has 0 saturated carbocycles. The molecule has 0 radical (unpaired) electrons. The maximum atomic E-state index is 13.2. The Morgan fingerprint density at radius 1 is 1.12 bits per heavy atom. The molecule has 0 saturated heterocycles. The zero-order chi connectivity index (χ0) is 22.3. The summed E-state index contributed by atoms with van der Waals surface area (Å²) in [7, 11) is 1.62. The number of anilines is 1. The SMILES string of the molecule is COc1cc(C2C3=C(CC(C)(C)CC3=O)Nc3ncnn32)ccc1OCc1ccccc1. The first-order valence-corrected chi connectivity index (χ1v) is 10.7. The normalized spacial score (nSPS) is 19.1. The number of nitrogens with zero attached hydrogens (tertiary/aromatic N) is 3. The van der Waals surface area contributed by atoms with Crippen LogP contribution in [0.3, 0.4) is 0 Å². The van der Waals surface area contributed by atoms with E-state index in [2.05, 4.69) is 29.2 Å². The molecule has 1 aromatic heterocycles. The van der Waals surface area contributed by atoms with Crippen molar-refractivity contribution in [1.29, 1.82) is 0 Å². The van der Waals surface area contributed by atoms with Crippen LogP contribution in [0, 0.1) is 5.41 Å². The van der Waals surface area contributed by atoms with E-state index < -0.39 is 0 Å². The number of nitrogens with one attached hydrogen (secondary N) is 1. The van der Waals surface area contributed by atoms with Crippen LogP contribution in [0.15, 0.2) is 66.1 Å². The number of fused-ring (bicyclic) bond motifs is 1. The molecular formula is C25H26N4O3. The molecule has 1 N–H and O–H groups in total. The monoisotopic (exact) mass is 430 g/mol. The van der Waals surface area contributed by atoms with Gasteiger partial charge in [0, 0.05) is 17.7 Å². The molecule has 164 valence electrons. The topological polar surface area (TPSA) is 78.3 Å². The Morgan fingerprint density at radius 3 is 2.72 bits per heavy atom. The number of benzene rings is 2. The molecule has 2 heterocycles. The third-order valence-corrected chi connectivity index (χ3v) is 6.01. The van der Waals surface area contributed by atoms with Crippen molar-refractivity contribution in [3.05, 3.63) is 77.3 Å². The second-order valence-electron chi connectivity index (χ2n) is 9.07. The maximum Gasteiger partial charge on any atom is 0.226 e. The van der Waals surface area contributed by atoms with Crippen molar-refractivity contribution in [2.75, 3.05) is 12.4 Å². The predicted octanol–water partition coefficient (Wildman–Crippen LogP) is 4.52. The molecule has 7 nitrogen and oxygen atoms in total. The number of aromatic nitrogens is 3. The van der Waals surface area contributed by atoms with E-state index in [1.807, 2.05) is 48.5 Å². The maximum absolute atomic E-state index is 13.2. The van der Waals surface area contributed by atoms with Crippen LogP contribution >= 0.6 is 0 Å². The van der Waals surface area contributed by atoms with Crippen molar-refractivity contribution in [2.24, 2.45) is 5.41 Å². The third kappa shape index (κ3) is 3.64. The minimum Gasteiger partial charge on any atom is -0.493 e. The van der Waals surface area contributed by atoms with Crippen molar-refractivity contribution in [3.63, 3.8) is 0 Å². The van der Waals surface area contributed by atoms with Gasteiger partial charge in [-0.05, 0) is 35.1 Å². The quantitative estimate of drug-likeness (QED) is 0.641. The molecule has 7 heteroatoms. The van der Waals surface area contributed by atoms with Crippen LogP contribution < -0.4 is 14.8 Å². The van der Waals surface area contributed by atoms with E-state index in [4.69, 9.17) is 9.47 Å². The van der Waals surface area contributed by atoms with Crippen molar-refractivity contribution < 1.29 is 14.3 Å². The van der Waals surface area contributed by atoms with Gasteiger partial charge in [-0.2, -0.15) is 10.1 Å². The third-order valence-electron chi connectivity index (χ3n) is 6.01. The highest BCUT2D eigenvalue weighted by Gasteiger charge is 2.41. The first kappa shape index (κ1) is 20.3. The fourth-order valence-corrected chi connectivity index (χ4v) is 4.57. The summed E-state index contributed by atoms with van der Waals surface area (Å²) in [5, 5.41) is 7.75. The van der Waals surface area contributed by atoms with Crippen LogP contribution in [-0.4, -0.2) is 27.7 Å². The van der Waals surface area contributed by atoms with Crippen LogP contribution in [0.25, 0.3) is 0 Å². The summed E-state index contributed by atoms with van der Waals surface area (Å²) in [5.41, 5.74) is 3.57. The van der Waals surface area contributed by atoms with Crippen LogP contribution in [0.2, 0.25) is 0 Å². The van der Waals surface area contributed by atoms with Gasteiger partial charge >= 0.3 is 0 Å². The lowest BCUT2D eigenvalue weighted by atomic mass is 9.73. The van der Waals surface area contributed by atoms with Gasteiger partial charge in [0.15, 0.2) is 17.3 Å². The number of Topliss-reactive ketones (excluding diaryl/α,β-unsaturated/α-hetero) is 1. The van der Waals surface area contributed by atoms with Crippen molar-refractivity contribution in [1.82, 2.24) is 14.8 Å². The van der Waals surface area contributed by atoms with Gasteiger partial charge in [-0.15, -0.1) is 0 Å². The van der Waals surface area contributed by atoms with Gasteiger partial charge in [-0.25, -0.2) is 4.68 Å². The summed E-state index contributed by atoms with van der Waals surface area (Å²) in [6.07, 6.45) is 2.80. The molecule has 1 aliphatic carbocycles. The van der Waals surface area contributed by atoms with E-state index in [1.165, 1.54) is 6.33 Å². The number of carbonyl (C=O) groups is 1. The number of methoxy groups -OCH3 is 1. The molecule has 3 aromatic rings. The lowest BCUT2D eigenvalue weighted by molar-refractivity contribution is -0.118. The molecule has 0 spiro atoms. The predicted molar refractivity (Wildman–Crippen MR) is 121 cm³/mol. The number of ketones is 1. The first-order valence-electron chi connectivity index (χ1n) is 10.7. The average Bonchev–Trinajstić information content (AvgIpc) is 3.24. The van der Waals surface area contributed by atoms with Crippen molar-refractivity contribution >= 4 is 11.7 Å². The largest absolute Gasteiger partial charge is 0.493 e. The minimum absolute atomic E-state index is 0.0948. The molecule has 2 aliphatic rings. The highest BCUT2D eigenvalue weighted by atomic mass is 16.5. The Morgan fingerprint density at radius 2 is 1.94 bits per heavy atom. The molecule has 0 amide bonds. The zero-order valence-corrected chi connectivity index (χ0v) is 18.5. The molecule has 1 unspecified atom stereocenters. The first-order chi connectivity index (χ1) is 15.4. The minimum atomic E-state index is -0.357. The lowest BCUT2D eigenvalue weighted by Gasteiger charge is -2.38. The highest BCUT2D eigenvalue weighted by molar-refractivity contribution is 6.00. The van der Waals surface area contributed by atoms with E-state index in [-0.39, 0.29) is 17.2 Å². The van der Waals surface area contributed by atoms with Gasteiger partial charge in [0.25, 0.3) is 0 Å². The fraction of sp³-hybridized carbons (Fsp3) is 0.320. The summed E-state index contributed by atoms with van der Waals surface area (Å²) in [6.45, 7) is 4.68. The number of ether oxygens (including phenoxy) is 2. The van der Waals surface area contributed by atoms with Crippen molar-refractivity contribution in [2.45, 2.75) is 39.3 Å². The standard InChI is InChI=1S/C25H26N4O3/c1-25(2)12-18-22(19(30)13-25)23(29-24(28-18)26-15-27-29)17-9-10-20(21(11-17)31-3)32-14-16-7-5-4-6-8-16/h4-11,15,23H,12-14H2,1-3H3,(H,26,27,28). The van der Waals surface area contributed by atoms with Crippen LogP contribution in [0.1, 0.15) is 43.9 Å². The molecule has 2 aromatic carbocycles. The van der Waals surface area contributed by atoms with Gasteiger partial charge in [0.2, 0.25) is 5.95 Å². The Bertz CT molecular complexity index is 1200. The number of rotatable bonds is 5. The van der Waals surface area contributed by atoms with Gasteiger partial charge in [0.1, 0.15) is 19.0 Å². The number of carbonyl (C=O) groups excluding carboxylic acids is 1. The summed E-state index contributed by atoms with van der Waals surface area (Å²) in [4.78, 5) is 17.6. The van der Waals surface area contributed by atoms with Gasteiger partial charge < -0.3 is 14.8 Å². The lowest BCUT2D eigenvalue weighted by Crippen LogP contribution is -2.36. The van der Waals surface area contributed by atoms with Gasteiger partial charge in [0.05, 0.1) is 7.11 Å². The van der Waals surface area contributed by atoms with E-state index in [1.54, 1.807) is 11.8 Å². The van der Waals surface area contributed by atoms with Crippen LogP contribution in [0.4, 0.5) is 5.95 Å². The van der Waals surface area contributed by atoms with Crippen LogP contribution in [-0.2, 0) is 11.4 Å². The van der Waals surface area contributed by atoms with E-state index in [9.17, 15) is 4.79 Å². The molecule has 1 aliphatic heterocycles.